The molecular weight excluding hydrogens is 232 g/mol. The molecule has 0 fully saturated rings. The highest BCUT2D eigenvalue weighted by Crippen LogP contribution is 2.35. The van der Waals surface area contributed by atoms with Crippen molar-refractivity contribution in [2.75, 3.05) is 30.4 Å². The Morgan fingerprint density at radius 2 is 1.74 bits per heavy atom. The molecule has 0 saturated heterocycles. The lowest BCUT2D eigenvalue weighted by Crippen LogP contribution is -2.14. The van der Waals surface area contributed by atoms with Crippen molar-refractivity contribution < 1.29 is 0 Å². The molecule has 0 spiro atoms. The van der Waals surface area contributed by atoms with E-state index in [9.17, 15) is 0 Å². The molecule has 3 rings (SSSR count). The summed E-state index contributed by atoms with van der Waals surface area (Å²) in [5.41, 5.74) is 6.71. The number of aryl methyl sites for hydroxylation is 1. The van der Waals surface area contributed by atoms with E-state index in [-0.39, 0.29) is 0 Å². The highest BCUT2D eigenvalue weighted by molar-refractivity contribution is 5.71. The van der Waals surface area contributed by atoms with Crippen LogP contribution < -0.4 is 9.80 Å². The normalized spacial score (nSPS) is 13.5. The number of fused-ring (bicyclic) bond motifs is 1. The molecule has 2 nitrogen and oxygen atoms in total. The molecule has 2 heteroatoms. The van der Waals surface area contributed by atoms with E-state index in [4.69, 9.17) is 0 Å². The van der Waals surface area contributed by atoms with Crippen molar-refractivity contribution in [3.05, 3.63) is 53.6 Å². The highest BCUT2D eigenvalue weighted by Gasteiger charge is 2.20. The summed E-state index contributed by atoms with van der Waals surface area (Å²) in [6.45, 7) is 3.24. The molecule has 0 amide bonds. The SMILES string of the molecule is Cc1ccc2c(c1)CCN2c1ccc(N(C)C)cc1. The Labute approximate surface area is 115 Å². The fraction of sp³-hybridized carbons (Fsp3) is 0.294. The summed E-state index contributed by atoms with van der Waals surface area (Å²) in [5.74, 6) is 0. The van der Waals surface area contributed by atoms with Gasteiger partial charge >= 0.3 is 0 Å². The van der Waals surface area contributed by atoms with E-state index in [0.717, 1.165) is 13.0 Å². The van der Waals surface area contributed by atoms with Crippen molar-refractivity contribution in [2.24, 2.45) is 0 Å². The number of nitrogens with zero attached hydrogens (tertiary/aromatic N) is 2. The van der Waals surface area contributed by atoms with Gasteiger partial charge in [0.15, 0.2) is 0 Å². The number of hydrogen-bond donors (Lipinski definition) is 0. The molecule has 1 heterocycles. The molecule has 0 atom stereocenters. The van der Waals surface area contributed by atoms with Crippen LogP contribution in [0.5, 0.6) is 0 Å². The van der Waals surface area contributed by atoms with Gasteiger partial charge in [-0.2, -0.15) is 0 Å². The van der Waals surface area contributed by atoms with Crippen LogP contribution in [0.25, 0.3) is 0 Å². The van der Waals surface area contributed by atoms with E-state index < -0.39 is 0 Å². The number of hydrogen-bond acceptors (Lipinski definition) is 2. The molecule has 19 heavy (non-hydrogen) atoms. The molecule has 0 aromatic heterocycles. The Hall–Kier alpha value is -1.96. The van der Waals surface area contributed by atoms with Crippen LogP contribution in [0.1, 0.15) is 11.1 Å². The predicted octanol–water partition coefficient (Wildman–Crippen LogP) is 3.76. The average molecular weight is 252 g/mol. The van der Waals surface area contributed by atoms with E-state index in [2.05, 4.69) is 73.3 Å². The second-order valence-electron chi connectivity index (χ2n) is 5.44. The first kappa shape index (κ1) is 12.1. The molecule has 2 aromatic carbocycles. The minimum absolute atomic E-state index is 1.08. The number of anilines is 3. The van der Waals surface area contributed by atoms with Gasteiger partial charge in [-0.25, -0.2) is 0 Å². The van der Waals surface area contributed by atoms with Gasteiger partial charge in [0.25, 0.3) is 0 Å². The van der Waals surface area contributed by atoms with Gasteiger partial charge in [-0.15, -0.1) is 0 Å². The molecule has 0 bridgehead atoms. The van der Waals surface area contributed by atoms with Gasteiger partial charge in [0, 0.05) is 37.7 Å². The zero-order chi connectivity index (χ0) is 13.4. The Kier molecular flexibility index (Phi) is 2.94. The summed E-state index contributed by atoms with van der Waals surface area (Å²) < 4.78 is 0. The first-order chi connectivity index (χ1) is 9.15. The largest absolute Gasteiger partial charge is 0.378 e. The van der Waals surface area contributed by atoms with Gasteiger partial charge in [-0.1, -0.05) is 17.7 Å². The van der Waals surface area contributed by atoms with Gasteiger partial charge in [-0.05, 0) is 49.2 Å². The maximum atomic E-state index is 2.41. The van der Waals surface area contributed by atoms with E-state index in [1.165, 1.54) is 28.2 Å². The van der Waals surface area contributed by atoms with Crippen LogP contribution >= 0.6 is 0 Å². The van der Waals surface area contributed by atoms with Crippen LogP contribution in [0, 0.1) is 6.92 Å². The van der Waals surface area contributed by atoms with Crippen molar-refractivity contribution in [3.63, 3.8) is 0 Å². The zero-order valence-corrected chi connectivity index (χ0v) is 11.9. The second-order valence-corrected chi connectivity index (χ2v) is 5.44. The summed E-state index contributed by atoms with van der Waals surface area (Å²) in [6, 6.07) is 15.5. The van der Waals surface area contributed by atoms with Crippen molar-refractivity contribution in [1.29, 1.82) is 0 Å². The summed E-state index contributed by atoms with van der Waals surface area (Å²) in [7, 11) is 4.14. The third kappa shape index (κ3) is 2.19. The third-order valence-electron chi connectivity index (χ3n) is 3.81. The monoisotopic (exact) mass is 252 g/mol. The Morgan fingerprint density at radius 1 is 1.00 bits per heavy atom. The van der Waals surface area contributed by atoms with Crippen molar-refractivity contribution in [2.45, 2.75) is 13.3 Å². The summed E-state index contributed by atoms with van der Waals surface area (Å²) >= 11 is 0. The molecule has 0 radical (unpaired) electrons. The minimum atomic E-state index is 1.08. The fourth-order valence-electron chi connectivity index (χ4n) is 2.73. The first-order valence-corrected chi connectivity index (χ1v) is 6.79. The van der Waals surface area contributed by atoms with Gasteiger partial charge < -0.3 is 9.80 Å². The van der Waals surface area contributed by atoms with Crippen LogP contribution in [-0.4, -0.2) is 20.6 Å². The lowest BCUT2D eigenvalue weighted by atomic mass is 10.1. The van der Waals surface area contributed by atoms with Crippen LogP contribution in [-0.2, 0) is 6.42 Å². The second kappa shape index (κ2) is 4.61. The maximum absolute atomic E-state index is 2.41. The quantitative estimate of drug-likeness (QED) is 0.803. The smallest absolute Gasteiger partial charge is 0.0444 e. The van der Waals surface area contributed by atoms with Crippen molar-refractivity contribution in [3.8, 4) is 0 Å². The van der Waals surface area contributed by atoms with E-state index in [1.54, 1.807) is 0 Å². The highest BCUT2D eigenvalue weighted by atomic mass is 15.2. The van der Waals surface area contributed by atoms with E-state index in [0.29, 0.717) is 0 Å². The standard InChI is InChI=1S/C17H20N2/c1-13-4-9-17-14(12-13)10-11-19(17)16-7-5-15(6-8-16)18(2)3/h4-9,12H,10-11H2,1-3H3. The van der Waals surface area contributed by atoms with Gasteiger partial charge in [0.05, 0.1) is 0 Å². The van der Waals surface area contributed by atoms with Gasteiger partial charge in [0.2, 0.25) is 0 Å². The molecule has 0 unspecified atom stereocenters. The fourth-order valence-corrected chi connectivity index (χ4v) is 2.73. The summed E-state index contributed by atoms with van der Waals surface area (Å²) in [4.78, 5) is 4.54. The topological polar surface area (TPSA) is 6.48 Å². The van der Waals surface area contributed by atoms with Crippen molar-refractivity contribution in [1.82, 2.24) is 0 Å². The third-order valence-corrected chi connectivity index (χ3v) is 3.81. The lowest BCUT2D eigenvalue weighted by molar-refractivity contribution is 0.997. The Bertz CT molecular complexity index is 585. The molecule has 98 valence electrons. The lowest BCUT2D eigenvalue weighted by Gasteiger charge is -2.21. The molecule has 1 aliphatic heterocycles. The minimum Gasteiger partial charge on any atom is -0.378 e. The molecule has 0 N–H and O–H groups in total. The van der Waals surface area contributed by atoms with E-state index >= 15 is 0 Å². The number of benzene rings is 2. The predicted molar refractivity (Wildman–Crippen MR) is 82.7 cm³/mol. The van der Waals surface area contributed by atoms with Crippen LogP contribution in [0.15, 0.2) is 42.5 Å². The van der Waals surface area contributed by atoms with Crippen LogP contribution in [0.3, 0.4) is 0 Å². The molecular formula is C17H20N2. The maximum Gasteiger partial charge on any atom is 0.0444 e. The van der Waals surface area contributed by atoms with E-state index in [1.807, 2.05) is 0 Å². The van der Waals surface area contributed by atoms with Crippen molar-refractivity contribution >= 4 is 17.1 Å². The Balaban J connectivity index is 1.93. The van der Waals surface area contributed by atoms with Crippen LogP contribution in [0.4, 0.5) is 17.1 Å². The number of rotatable bonds is 2. The molecule has 0 saturated carbocycles. The Morgan fingerprint density at radius 3 is 2.42 bits per heavy atom. The zero-order valence-electron chi connectivity index (χ0n) is 11.9. The summed E-state index contributed by atoms with van der Waals surface area (Å²) in [5, 5.41) is 0. The first-order valence-electron chi connectivity index (χ1n) is 6.79. The van der Waals surface area contributed by atoms with Crippen LogP contribution in [0.2, 0.25) is 0 Å². The summed E-state index contributed by atoms with van der Waals surface area (Å²) in [6.07, 6.45) is 1.15. The van der Waals surface area contributed by atoms with Gasteiger partial charge in [-0.3, -0.25) is 0 Å². The molecule has 1 aliphatic rings. The molecule has 0 aliphatic carbocycles. The molecule has 2 aromatic rings. The average Bonchev–Trinajstić information content (AvgIpc) is 2.81. The van der Waals surface area contributed by atoms with Gasteiger partial charge in [0.1, 0.15) is 0 Å².